The Bertz CT molecular complexity index is 600. The van der Waals surface area contributed by atoms with Crippen molar-refractivity contribution in [2.24, 2.45) is 0 Å². The van der Waals surface area contributed by atoms with Gasteiger partial charge in [-0.05, 0) is 30.9 Å². The van der Waals surface area contributed by atoms with Crippen molar-refractivity contribution in [3.8, 4) is 0 Å². The maximum atomic E-state index is 12.1. The quantitative estimate of drug-likeness (QED) is 0.913. The number of carbonyl (C=O) groups excluding carboxylic acids is 1. The third-order valence-corrected chi connectivity index (χ3v) is 3.03. The maximum Gasteiger partial charge on any atom is 0.277 e. The van der Waals surface area contributed by atoms with Crippen molar-refractivity contribution >= 4 is 11.6 Å². The number of amides is 1. The van der Waals surface area contributed by atoms with Gasteiger partial charge in [-0.15, -0.1) is 0 Å². The Balaban J connectivity index is 2.31. The predicted molar refractivity (Wildman–Crippen MR) is 74.5 cm³/mol. The minimum absolute atomic E-state index is 0.243. The van der Waals surface area contributed by atoms with Crippen LogP contribution in [0.15, 0.2) is 28.8 Å². The molecule has 0 aliphatic rings. The molecular formula is C15H18N2O2. The summed E-state index contributed by atoms with van der Waals surface area (Å²) in [6, 6.07) is 7.64. The zero-order valence-corrected chi connectivity index (χ0v) is 11.7. The molecule has 2 rings (SSSR count). The highest BCUT2D eigenvalue weighted by atomic mass is 16.5. The molecule has 100 valence electrons. The Morgan fingerprint density at radius 1 is 1.32 bits per heavy atom. The number of hydrogen-bond donors (Lipinski definition) is 1. The van der Waals surface area contributed by atoms with Crippen LogP contribution in [0.5, 0.6) is 0 Å². The topological polar surface area (TPSA) is 55.1 Å². The van der Waals surface area contributed by atoms with Gasteiger partial charge in [0, 0.05) is 11.8 Å². The molecule has 1 heterocycles. The number of carbonyl (C=O) groups is 1. The Morgan fingerprint density at radius 2 is 2.05 bits per heavy atom. The largest absolute Gasteiger partial charge is 0.361 e. The molecule has 19 heavy (non-hydrogen) atoms. The lowest BCUT2D eigenvalue weighted by atomic mass is 9.98. The molecule has 1 aromatic heterocycles. The number of rotatable bonds is 3. The van der Waals surface area contributed by atoms with Crippen LogP contribution in [0.2, 0.25) is 0 Å². The molecule has 0 aliphatic carbocycles. The molecule has 0 saturated carbocycles. The van der Waals surface area contributed by atoms with E-state index in [4.69, 9.17) is 4.52 Å². The molecule has 2 aromatic rings. The second kappa shape index (κ2) is 5.26. The van der Waals surface area contributed by atoms with Gasteiger partial charge in [-0.1, -0.05) is 37.2 Å². The van der Waals surface area contributed by atoms with E-state index in [9.17, 15) is 4.79 Å². The van der Waals surface area contributed by atoms with Crippen molar-refractivity contribution in [1.82, 2.24) is 5.16 Å². The van der Waals surface area contributed by atoms with Crippen LogP contribution in [0.3, 0.4) is 0 Å². The van der Waals surface area contributed by atoms with Gasteiger partial charge in [0.2, 0.25) is 0 Å². The van der Waals surface area contributed by atoms with Gasteiger partial charge in [0.15, 0.2) is 5.69 Å². The van der Waals surface area contributed by atoms with E-state index in [0.717, 1.165) is 16.8 Å². The van der Waals surface area contributed by atoms with Gasteiger partial charge in [-0.25, -0.2) is 0 Å². The third-order valence-electron chi connectivity index (χ3n) is 3.03. The first-order valence-corrected chi connectivity index (χ1v) is 6.33. The zero-order chi connectivity index (χ0) is 14.0. The van der Waals surface area contributed by atoms with E-state index in [-0.39, 0.29) is 5.91 Å². The van der Waals surface area contributed by atoms with Gasteiger partial charge in [-0.3, -0.25) is 4.79 Å². The van der Waals surface area contributed by atoms with Gasteiger partial charge in [0.25, 0.3) is 5.91 Å². The Labute approximate surface area is 112 Å². The number of para-hydroxylation sites is 1. The van der Waals surface area contributed by atoms with Crippen LogP contribution >= 0.6 is 0 Å². The van der Waals surface area contributed by atoms with E-state index in [0.29, 0.717) is 17.4 Å². The summed E-state index contributed by atoms with van der Waals surface area (Å²) in [7, 11) is 0. The first-order valence-electron chi connectivity index (χ1n) is 6.33. The molecule has 0 unspecified atom stereocenters. The number of nitrogens with zero attached hydrogens (tertiary/aromatic N) is 1. The average molecular weight is 258 g/mol. The first-order chi connectivity index (χ1) is 8.99. The van der Waals surface area contributed by atoms with Crippen molar-refractivity contribution in [3.63, 3.8) is 0 Å². The SMILES string of the molecule is Cc1cc(C(=O)Nc2c(C)cccc2C(C)C)no1. The summed E-state index contributed by atoms with van der Waals surface area (Å²) in [5, 5.41) is 6.66. The van der Waals surface area contributed by atoms with E-state index >= 15 is 0 Å². The summed E-state index contributed by atoms with van der Waals surface area (Å²) in [4.78, 5) is 12.1. The number of hydrogen-bond acceptors (Lipinski definition) is 3. The number of aryl methyl sites for hydroxylation is 2. The minimum atomic E-state index is -0.243. The smallest absolute Gasteiger partial charge is 0.277 e. The number of anilines is 1. The third kappa shape index (κ3) is 2.84. The van der Waals surface area contributed by atoms with Crippen LogP contribution in [-0.2, 0) is 0 Å². The van der Waals surface area contributed by atoms with Crippen LogP contribution < -0.4 is 5.32 Å². The zero-order valence-electron chi connectivity index (χ0n) is 11.7. The standard InChI is InChI=1S/C15H18N2O2/c1-9(2)12-7-5-6-10(3)14(12)16-15(18)13-8-11(4)19-17-13/h5-9H,1-4H3,(H,16,18). The number of aromatic nitrogens is 1. The lowest BCUT2D eigenvalue weighted by Gasteiger charge is -2.15. The average Bonchev–Trinajstić information content (AvgIpc) is 2.78. The molecule has 1 aromatic carbocycles. The van der Waals surface area contributed by atoms with Gasteiger partial charge in [-0.2, -0.15) is 0 Å². The van der Waals surface area contributed by atoms with E-state index in [1.807, 2.05) is 25.1 Å². The van der Waals surface area contributed by atoms with E-state index in [1.54, 1.807) is 13.0 Å². The Hall–Kier alpha value is -2.10. The molecule has 0 bridgehead atoms. The molecule has 1 amide bonds. The van der Waals surface area contributed by atoms with Crippen molar-refractivity contribution < 1.29 is 9.32 Å². The molecule has 0 radical (unpaired) electrons. The molecule has 4 heteroatoms. The summed E-state index contributed by atoms with van der Waals surface area (Å²) in [5.74, 6) is 0.723. The van der Waals surface area contributed by atoms with Gasteiger partial charge < -0.3 is 9.84 Å². The Kier molecular flexibility index (Phi) is 3.69. The second-order valence-corrected chi connectivity index (χ2v) is 4.97. The van der Waals surface area contributed by atoms with Crippen molar-refractivity contribution in [2.45, 2.75) is 33.6 Å². The molecule has 0 fully saturated rings. The monoisotopic (exact) mass is 258 g/mol. The summed E-state index contributed by atoms with van der Waals surface area (Å²) in [6.45, 7) is 7.95. The fraction of sp³-hybridized carbons (Fsp3) is 0.333. The van der Waals surface area contributed by atoms with Gasteiger partial charge in [0.05, 0.1) is 0 Å². The number of nitrogens with one attached hydrogen (secondary N) is 1. The van der Waals surface area contributed by atoms with E-state index in [1.165, 1.54) is 0 Å². The summed E-state index contributed by atoms with van der Waals surface area (Å²) >= 11 is 0. The highest BCUT2D eigenvalue weighted by molar-refractivity contribution is 6.03. The second-order valence-electron chi connectivity index (χ2n) is 4.97. The molecule has 0 spiro atoms. The summed E-state index contributed by atoms with van der Waals surface area (Å²) < 4.78 is 4.92. The van der Waals surface area contributed by atoms with Gasteiger partial charge in [0.1, 0.15) is 5.76 Å². The molecule has 1 N–H and O–H groups in total. The van der Waals surface area contributed by atoms with E-state index < -0.39 is 0 Å². The van der Waals surface area contributed by atoms with Crippen LogP contribution in [0.1, 0.15) is 47.1 Å². The highest BCUT2D eigenvalue weighted by Crippen LogP contribution is 2.27. The van der Waals surface area contributed by atoms with Crippen molar-refractivity contribution in [2.75, 3.05) is 5.32 Å². The van der Waals surface area contributed by atoms with Crippen LogP contribution in [-0.4, -0.2) is 11.1 Å². The lowest BCUT2D eigenvalue weighted by molar-refractivity contribution is 0.101. The molecule has 0 aliphatic heterocycles. The molecular weight excluding hydrogens is 240 g/mol. The summed E-state index contributed by atoms with van der Waals surface area (Å²) in [6.07, 6.45) is 0. The molecule has 0 atom stereocenters. The predicted octanol–water partition coefficient (Wildman–Crippen LogP) is 3.67. The molecule has 4 nitrogen and oxygen atoms in total. The number of benzene rings is 1. The fourth-order valence-corrected chi connectivity index (χ4v) is 1.99. The van der Waals surface area contributed by atoms with Crippen LogP contribution in [0.25, 0.3) is 0 Å². The Morgan fingerprint density at radius 3 is 2.63 bits per heavy atom. The van der Waals surface area contributed by atoms with E-state index in [2.05, 4.69) is 24.3 Å². The van der Waals surface area contributed by atoms with Crippen molar-refractivity contribution in [1.29, 1.82) is 0 Å². The maximum absolute atomic E-state index is 12.1. The first kappa shape index (κ1) is 13.3. The van der Waals surface area contributed by atoms with Crippen LogP contribution in [0, 0.1) is 13.8 Å². The fourth-order valence-electron chi connectivity index (χ4n) is 1.99. The van der Waals surface area contributed by atoms with Gasteiger partial charge >= 0.3 is 0 Å². The van der Waals surface area contributed by atoms with Crippen molar-refractivity contribution in [3.05, 3.63) is 46.8 Å². The minimum Gasteiger partial charge on any atom is -0.361 e. The highest BCUT2D eigenvalue weighted by Gasteiger charge is 2.15. The summed E-state index contributed by atoms with van der Waals surface area (Å²) in [5.41, 5.74) is 3.33. The lowest BCUT2D eigenvalue weighted by Crippen LogP contribution is -2.15. The molecule has 0 saturated heterocycles. The van der Waals surface area contributed by atoms with Crippen LogP contribution in [0.4, 0.5) is 5.69 Å². The normalized spacial score (nSPS) is 10.8.